The number of amides is 2. The fourth-order valence-electron chi connectivity index (χ4n) is 5.16. The van der Waals surface area contributed by atoms with Crippen LogP contribution in [-0.4, -0.2) is 51.8 Å². The Kier molecular flexibility index (Phi) is 5.55. The van der Waals surface area contributed by atoms with Crippen molar-refractivity contribution in [3.05, 3.63) is 63.2 Å². The van der Waals surface area contributed by atoms with Gasteiger partial charge in [-0.1, -0.05) is 6.07 Å². The summed E-state index contributed by atoms with van der Waals surface area (Å²) in [6.07, 6.45) is 2.68. The average molecular weight is 522 g/mol. The molecule has 0 unspecified atom stereocenters. The fourth-order valence-corrected chi connectivity index (χ4v) is 5.16. The number of rotatable bonds is 5. The number of cyclic esters (lactones) is 1. The Hall–Kier alpha value is -4.48. The highest BCUT2D eigenvalue weighted by molar-refractivity contribution is 5.95. The van der Waals surface area contributed by atoms with Gasteiger partial charge in [0.2, 0.25) is 5.43 Å². The van der Waals surface area contributed by atoms with Gasteiger partial charge in [0.05, 0.1) is 11.9 Å². The summed E-state index contributed by atoms with van der Waals surface area (Å²) in [5.74, 6) is -2.66. The number of ether oxygens (including phenoxy) is 1. The van der Waals surface area contributed by atoms with Crippen LogP contribution in [0.2, 0.25) is 0 Å². The maximum absolute atomic E-state index is 15.4. The first-order valence-corrected chi connectivity index (χ1v) is 12.3. The molecule has 4 heterocycles. The molecule has 2 aliphatic heterocycles. The van der Waals surface area contributed by atoms with Crippen LogP contribution in [0.15, 0.2) is 35.3 Å². The molecule has 3 aromatic rings. The first-order valence-electron chi connectivity index (χ1n) is 12.3. The normalized spacial score (nSPS) is 19.3. The van der Waals surface area contributed by atoms with Crippen molar-refractivity contribution in [2.24, 2.45) is 5.73 Å². The number of nitrogens with zero attached hydrogens (tertiary/aromatic N) is 4. The monoisotopic (exact) mass is 521 g/mol. The number of aromatic nitrogens is 2. The highest BCUT2D eigenvalue weighted by atomic mass is 19.1. The zero-order chi connectivity index (χ0) is 26.7. The van der Waals surface area contributed by atoms with Crippen molar-refractivity contribution in [2.45, 2.75) is 44.4 Å². The zero-order valence-corrected chi connectivity index (χ0v) is 20.2. The van der Waals surface area contributed by atoms with Crippen LogP contribution in [0, 0.1) is 5.82 Å². The quantitative estimate of drug-likeness (QED) is 0.520. The number of primary amides is 1. The third-order valence-electron chi connectivity index (χ3n) is 7.28. The average Bonchev–Trinajstić information content (AvgIpc) is 3.67. The second-order valence-corrected chi connectivity index (χ2v) is 9.84. The second-order valence-electron chi connectivity index (χ2n) is 9.84. The number of aryl methyl sites for hydroxylation is 1. The van der Waals surface area contributed by atoms with Crippen LogP contribution in [0.4, 0.5) is 20.7 Å². The highest BCUT2D eigenvalue weighted by Gasteiger charge is 2.36. The van der Waals surface area contributed by atoms with Crippen molar-refractivity contribution in [2.75, 3.05) is 22.9 Å². The van der Waals surface area contributed by atoms with E-state index in [9.17, 15) is 24.3 Å². The first kappa shape index (κ1) is 23.9. The number of anilines is 2. The largest absolute Gasteiger partial charge is 0.477 e. The smallest absolute Gasteiger partial charge is 0.415 e. The molecule has 1 saturated carbocycles. The molecule has 2 fully saturated rings. The summed E-state index contributed by atoms with van der Waals surface area (Å²) in [5.41, 5.74) is 6.88. The molecule has 6 rings (SSSR count). The predicted molar refractivity (Wildman–Crippen MR) is 134 cm³/mol. The van der Waals surface area contributed by atoms with Gasteiger partial charge in [-0.05, 0) is 55.0 Å². The van der Waals surface area contributed by atoms with E-state index in [-0.39, 0.29) is 29.4 Å². The van der Waals surface area contributed by atoms with Gasteiger partial charge in [0, 0.05) is 31.0 Å². The maximum atomic E-state index is 15.4. The Morgan fingerprint density at radius 3 is 2.63 bits per heavy atom. The molecule has 1 aliphatic carbocycles. The van der Waals surface area contributed by atoms with E-state index in [2.05, 4.69) is 4.98 Å². The molecular weight excluding hydrogens is 497 g/mol. The van der Waals surface area contributed by atoms with Crippen LogP contribution in [0.5, 0.6) is 0 Å². The molecule has 1 aromatic carbocycles. The number of hydrogen-bond acceptors (Lipinski definition) is 7. The number of pyridine rings is 2. The fraction of sp³-hybridized carbons (Fsp3) is 0.346. The van der Waals surface area contributed by atoms with Crippen molar-refractivity contribution in [3.63, 3.8) is 0 Å². The number of benzene rings is 1. The summed E-state index contributed by atoms with van der Waals surface area (Å²) < 4.78 is 22.1. The third kappa shape index (κ3) is 4.01. The lowest BCUT2D eigenvalue weighted by molar-refractivity contribution is -0.124. The van der Waals surface area contributed by atoms with Gasteiger partial charge in [-0.3, -0.25) is 14.5 Å². The number of carboxylic acids is 1. The Labute approximate surface area is 215 Å². The van der Waals surface area contributed by atoms with E-state index in [4.69, 9.17) is 10.5 Å². The molecule has 2 amide bonds. The molecule has 12 heteroatoms. The molecule has 0 spiro atoms. The summed E-state index contributed by atoms with van der Waals surface area (Å²) in [4.78, 5) is 55.8. The Balaban J connectivity index is 1.35. The number of carboxylic acid groups (broad SMARTS) is 1. The standard InChI is InChI=1S/C26H24FN5O6/c27-19-9-17-21(33)18(25(35)36)11-31(15-5-6-15)23(17)29-24(19)30-7-1-2-13-8-16(4-3-14(13)10-30)32-12-20(22(28)34)38-26(32)37/h3-4,8-9,11,15,20H,1-2,5-7,10,12H2,(H2,28,34)(H,35,36)/t20-/m1/s1. The van der Waals surface area contributed by atoms with Gasteiger partial charge >= 0.3 is 12.1 Å². The van der Waals surface area contributed by atoms with Crippen LogP contribution in [0.1, 0.15) is 46.8 Å². The molecule has 11 nitrogen and oxygen atoms in total. The second kappa shape index (κ2) is 8.82. The van der Waals surface area contributed by atoms with Crippen LogP contribution in [-0.2, 0) is 22.5 Å². The summed E-state index contributed by atoms with van der Waals surface area (Å²) in [5, 5.41) is 9.41. The van der Waals surface area contributed by atoms with Gasteiger partial charge in [-0.15, -0.1) is 0 Å². The minimum absolute atomic E-state index is 0.0248. The Bertz CT molecular complexity index is 1580. The van der Waals surface area contributed by atoms with E-state index >= 15 is 4.39 Å². The lowest BCUT2D eigenvalue weighted by Gasteiger charge is -2.24. The molecule has 0 radical (unpaired) electrons. The number of halogens is 1. The van der Waals surface area contributed by atoms with E-state index in [1.165, 1.54) is 11.1 Å². The molecule has 2 aromatic heterocycles. The minimum Gasteiger partial charge on any atom is -0.477 e. The van der Waals surface area contributed by atoms with Gasteiger partial charge < -0.3 is 25.0 Å². The molecule has 3 aliphatic rings. The van der Waals surface area contributed by atoms with E-state index in [1.54, 1.807) is 15.5 Å². The molecule has 38 heavy (non-hydrogen) atoms. The summed E-state index contributed by atoms with van der Waals surface area (Å²) in [6, 6.07) is 6.58. The van der Waals surface area contributed by atoms with Crippen LogP contribution in [0.3, 0.4) is 0 Å². The number of aromatic carboxylic acids is 1. The number of fused-ring (bicyclic) bond motifs is 2. The van der Waals surface area contributed by atoms with E-state index in [0.29, 0.717) is 31.6 Å². The number of carbonyl (C=O) groups excluding carboxylic acids is 2. The van der Waals surface area contributed by atoms with Crippen molar-refractivity contribution >= 4 is 40.5 Å². The maximum Gasteiger partial charge on any atom is 0.415 e. The topological polar surface area (TPSA) is 148 Å². The summed E-state index contributed by atoms with van der Waals surface area (Å²) >= 11 is 0. The van der Waals surface area contributed by atoms with Gasteiger partial charge in [-0.2, -0.15) is 0 Å². The molecule has 1 atom stereocenters. The number of carbonyl (C=O) groups is 3. The number of nitrogens with two attached hydrogens (primary N) is 1. The van der Waals surface area contributed by atoms with Gasteiger partial charge in [-0.25, -0.2) is 19.0 Å². The molecular formula is C26H24FN5O6. The number of hydrogen-bond donors (Lipinski definition) is 2. The highest BCUT2D eigenvalue weighted by Crippen LogP contribution is 2.37. The molecule has 0 bridgehead atoms. The Morgan fingerprint density at radius 1 is 1.16 bits per heavy atom. The van der Waals surface area contributed by atoms with Crippen molar-refractivity contribution in [1.82, 2.24) is 9.55 Å². The van der Waals surface area contributed by atoms with Gasteiger partial charge in [0.25, 0.3) is 5.91 Å². The van der Waals surface area contributed by atoms with E-state index < -0.39 is 40.9 Å². The lowest BCUT2D eigenvalue weighted by Crippen LogP contribution is -2.32. The molecule has 196 valence electrons. The zero-order valence-electron chi connectivity index (χ0n) is 20.2. The van der Waals surface area contributed by atoms with Gasteiger partial charge in [0.15, 0.2) is 17.7 Å². The van der Waals surface area contributed by atoms with Gasteiger partial charge in [0.1, 0.15) is 11.2 Å². The lowest BCUT2D eigenvalue weighted by atomic mass is 10.0. The molecule has 3 N–H and O–H groups in total. The molecule has 1 saturated heterocycles. The summed E-state index contributed by atoms with van der Waals surface area (Å²) in [7, 11) is 0. The van der Waals surface area contributed by atoms with Crippen molar-refractivity contribution in [1.29, 1.82) is 0 Å². The minimum atomic E-state index is -1.35. The van der Waals surface area contributed by atoms with Crippen LogP contribution >= 0.6 is 0 Å². The van der Waals surface area contributed by atoms with Crippen molar-refractivity contribution in [3.8, 4) is 0 Å². The first-order chi connectivity index (χ1) is 18.2. The van der Waals surface area contributed by atoms with Crippen molar-refractivity contribution < 1.29 is 28.6 Å². The van der Waals surface area contributed by atoms with Crippen LogP contribution in [0.25, 0.3) is 11.0 Å². The third-order valence-corrected chi connectivity index (χ3v) is 7.28. The van der Waals surface area contributed by atoms with E-state index in [1.807, 2.05) is 12.1 Å². The SMILES string of the molecule is NC(=O)[C@H]1CN(c2ccc3c(c2)CCCN(c2nc4c(cc2F)c(=O)c(C(=O)O)cn4C2CC2)C3)C(=O)O1. The summed E-state index contributed by atoms with van der Waals surface area (Å²) in [6.45, 7) is 0.883. The predicted octanol–water partition coefficient (Wildman–Crippen LogP) is 2.33. The Morgan fingerprint density at radius 2 is 1.95 bits per heavy atom. The van der Waals surface area contributed by atoms with Crippen LogP contribution < -0.4 is 21.0 Å². The van der Waals surface area contributed by atoms with E-state index in [0.717, 1.165) is 30.0 Å².